The molecule has 0 aliphatic heterocycles. The zero-order valence-corrected chi connectivity index (χ0v) is 17.4. The van der Waals surface area contributed by atoms with E-state index < -0.39 is 10.0 Å². The second-order valence-electron chi connectivity index (χ2n) is 6.41. The maximum Gasteiger partial charge on any atom is 0.266 e. The fourth-order valence-electron chi connectivity index (χ4n) is 3.05. The summed E-state index contributed by atoms with van der Waals surface area (Å²) in [6.45, 7) is 0. The first-order chi connectivity index (χ1) is 15.0. The molecule has 0 aliphatic carbocycles. The van der Waals surface area contributed by atoms with Crippen LogP contribution in [-0.2, 0) is 10.0 Å². The van der Waals surface area contributed by atoms with Crippen LogP contribution in [0.15, 0.2) is 65.7 Å². The number of para-hydroxylation sites is 1. The molecule has 0 spiro atoms. The summed E-state index contributed by atoms with van der Waals surface area (Å²) in [6.07, 6.45) is 1.28. The molecule has 31 heavy (non-hydrogen) atoms. The summed E-state index contributed by atoms with van der Waals surface area (Å²) in [6, 6.07) is 17.4. The van der Waals surface area contributed by atoms with E-state index >= 15 is 0 Å². The fraction of sp³-hybridized carbons (Fsp3) is 0.0952. The van der Waals surface area contributed by atoms with Crippen LogP contribution in [0.3, 0.4) is 0 Å². The first kappa shape index (κ1) is 20.2. The van der Waals surface area contributed by atoms with Gasteiger partial charge in [0.2, 0.25) is 0 Å². The fourth-order valence-corrected chi connectivity index (χ4v) is 4.30. The molecule has 0 saturated heterocycles. The van der Waals surface area contributed by atoms with Crippen molar-refractivity contribution in [2.45, 2.75) is 4.90 Å². The van der Waals surface area contributed by atoms with Crippen LogP contribution >= 0.6 is 0 Å². The summed E-state index contributed by atoms with van der Waals surface area (Å²) in [7, 11) is -1.36. The van der Waals surface area contributed by atoms with Crippen molar-refractivity contribution in [1.29, 1.82) is 5.26 Å². The number of nitrogens with one attached hydrogen (secondary N) is 1. The number of nitriles is 1. The van der Waals surface area contributed by atoms with Gasteiger partial charge in [0.15, 0.2) is 11.6 Å². The third kappa shape index (κ3) is 3.74. The Kier molecular flexibility index (Phi) is 5.19. The van der Waals surface area contributed by atoms with Gasteiger partial charge in [-0.1, -0.05) is 18.2 Å². The standard InChI is InChI=1S/C21H17N5O4S/c1-29-16-8-9-18(30-2)19(11-16)31(27,28)25-21-15(12-22)13-23-26(21)20-10-7-14-5-3-4-6-17(14)24-20/h3-11,13,25H,1-2H3. The average molecular weight is 435 g/mol. The molecule has 2 aromatic carbocycles. The lowest BCUT2D eigenvalue weighted by Gasteiger charge is -2.14. The Balaban J connectivity index is 1.82. The molecule has 2 heterocycles. The van der Waals surface area contributed by atoms with Gasteiger partial charge in [0.25, 0.3) is 10.0 Å². The first-order valence-corrected chi connectivity index (χ1v) is 10.5. The summed E-state index contributed by atoms with van der Waals surface area (Å²) in [5, 5.41) is 14.6. The maximum atomic E-state index is 13.2. The lowest BCUT2D eigenvalue weighted by Crippen LogP contribution is -2.18. The number of hydrogen-bond donors (Lipinski definition) is 1. The minimum absolute atomic E-state index is 0.0323. The number of ether oxygens (including phenoxy) is 2. The van der Waals surface area contributed by atoms with Crippen LogP contribution in [-0.4, -0.2) is 37.4 Å². The van der Waals surface area contributed by atoms with E-state index in [9.17, 15) is 13.7 Å². The summed E-state index contributed by atoms with van der Waals surface area (Å²) < 4.78 is 40.4. The molecular weight excluding hydrogens is 418 g/mol. The Morgan fingerprint density at radius 1 is 1.06 bits per heavy atom. The van der Waals surface area contributed by atoms with E-state index in [1.54, 1.807) is 12.1 Å². The van der Waals surface area contributed by atoms with E-state index in [4.69, 9.17) is 9.47 Å². The second kappa shape index (κ2) is 7.97. The van der Waals surface area contributed by atoms with Crippen molar-refractivity contribution in [3.05, 3.63) is 66.4 Å². The predicted molar refractivity (Wildman–Crippen MR) is 114 cm³/mol. The van der Waals surface area contributed by atoms with Crippen LogP contribution in [0.5, 0.6) is 11.5 Å². The highest BCUT2D eigenvalue weighted by Gasteiger charge is 2.25. The molecule has 1 N–H and O–H groups in total. The van der Waals surface area contributed by atoms with Crippen LogP contribution in [0, 0.1) is 11.3 Å². The van der Waals surface area contributed by atoms with Gasteiger partial charge in [-0.05, 0) is 30.3 Å². The molecule has 0 fully saturated rings. The van der Waals surface area contributed by atoms with Gasteiger partial charge in [-0.25, -0.2) is 13.4 Å². The SMILES string of the molecule is COc1ccc(OC)c(S(=O)(=O)Nc2c(C#N)cnn2-c2ccc3ccccc3n2)c1. The number of aromatic nitrogens is 3. The average Bonchev–Trinajstić information content (AvgIpc) is 3.20. The van der Waals surface area contributed by atoms with Gasteiger partial charge < -0.3 is 9.47 Å². The molecule has 156 valence electrons. The van der Waals surface area contributed by atoms with Crippen molar-refractivity contribution in [3.8, 4) is 23.4 Å². The molecule has 0 unspecified atom stereocenters. The minimum Gasteiger partial charge on any atom is -0.497 e. The molecule has 0 aliphatic rings. The number of rotatable bonds is 6. The molecule has 0 saturated carbocycles. The van der Waals surface area contributed by atoms with Crippen molar-refractivity contribution in [3.63, 3.8) is 0 Å². The third-order valence-corrected chi connectivity index (χ3v) is 5.94. The number of sulfonamides is 1. The van der Waals surface area contributed by atoms with Crippen molar-refractivity contribution in [2.24, 2.45) is 0 Å². The van der Waals surface area contributed by atoms with Crippen LogP contribution in [0.2, 0.25) is 0 Å². The van der Waals surface area contributed by atoms with Gasteiger partial charge in [0, 0.05) is 11.5 Å². The van der Waals surface area contributed by atoms with Crippen molar-refractivity contribution in [2.75, 3.05) is 18.9 Å². The quantitative estimate of drug-likeness (QED) is 0.494. The normalized spacial score (nSPS) is 11.1. The Morgan fingerprint density at radius 3 is 2.61 bits per heavy atom. The van der Waals surface area contributed by atoms with Gasteiger partial charge in [-0.3, -0.25) is 4.72 Å². The first-order valence-electron chi connectivity index (χ1n) is 9.06. The Morgan fingerprint density at radius 2 is 1.87 bits per heavy atom. The van der Waals surface area contributed by atoms with Crippen LogP contribution in [0.1, 0.15) is 5.56 Å². The smallest absolute Gasteiger partial charge is 0.266 e. The van der Waals surface area contributed by atoms with Gasteiger partial charge >= 0.3 is 0 Å². The molecule has 2 aromatic heterocycles. The van der Waals surface area contributed by atoms with Gasteiger partial charge in [-0.2, -0.15) is 15.0 Å². The van der Waals surface area contributed by atoms with E-state index in [0.717, 1.165) is 5.39 Å². The van der Waals surface area contributed by atoms with Crippen LogP contribution < -0.4 is 14.2 Å². The van der Waals surface area contributed by atoms with Crippen molar-refractivity contribution >= 4 is 26.7 Å². The van der Waals surface area contributed by atoms with Crippen molar-refractivity contribution in [1.82, 2.24) is 14.8 Å². The molecule has 10 heteroatoms. The number of anilines is 1. The Bertz CT molecular complexity index is 1420. The van der Waals surface area contributed by atoms with E-state index in [0.29, 0.717) is 17.1 Å². The van der Waals surface area contributed by atoms with E-state index in [2.05, 4.69) is 14.8 Å². The molecule has 9 nitrogen and oxygen atoms in total. The highest BCUT2D eigenvalue weighted by atomic mass is 32.2. The highest BCUT2D eigenvalue weighted by molar-refractivity contribution is 7.92. The summed E-state index contributed by atoms with van der Waals surface area (Å²) in [5.41, 5.74) is 0.748. The second-order valence-corrected chi connectivity index (χ2v) is 8.07. The largest absolute Gasteiger partial charge is 0.497 e. The summed E-state index contributed by atoms with van der Waals surface area (Å²) >= 11 is 0. The van der Waals surface area contributed by atoms with Gasteiger partial charge in [-0.15, -0.1) is 0 Å². The van der Waals surface area contributed by atoms with Crippen LogP contribution in [0.25, 0.3) is 16.7 Å². The number of methoxy groups -OCH3 is 2. The van der Waals surface area contributed by atoms with Gasteiger partial charge in [0.1, 0.15) is 28.0 Å². The topological polar surface area (TPSA) is 119 Å². The molecule has 0 atom stereocenters. The number of benzene rings is 2. The lowest BCUT2D eigenvalue weighted by molar-refractivity contribution is 0.392. The highest BCUT2D eigenvalue weighted by Crippen LogP contribution is 2.31. The molecule has 0 amide bonds. The Hall–Kier alpha value is -4.10. The molecular formula is C21H17N5O4S. The number of hydrogen-bond acceptors (Lipinski definition) is 7. The molecule has 0 radical (unpaired) electrons. The summed E-state index contributed by atoms with van der Waals surface area (Å²) in [5.74, 6) is 0.791. The Labute approximate surface area is 178 Å². The van der Waals surface area contributed by atoms with Crippen LogP contribution in [0.4, 0.5) is 5.82 Å². The zero-order valence-electron chi connectivity index (χ0n) is 16.6. The minimum atomic E-state index is -4.16. The van der Waals surface area contributed by atoms with E-state index in [1.165, 1.54) is 37.2 Å². The number of nitrogens with zero attached hydrogens (tertiary/aromatic N) is 4. The summed E-state index contributed by atoms with van der Waals surface area (Å²) in [4.78, 5) is 4.39. The number of fused-ring (bicyclic) bond motifs is 1. The third-order valence-electron chi connectivity index (χ3n) is 4.58. The lowest BCUT2D eigenvalue weighted by atomic mass is 10.2. The molecule has 4 rings (SSSR count). The van der Waals surface area contributed by atoms with E-state index in [-0.39, 0.29) is 22.0 Å². The maximum absolute atomic E-state index is 13.2. The van der Waals surface area contributed by atoms with Crippen molar-refractivity contribution < 1.29 is 17.9 Å². The monoisotopic (exact) mass is 435 g/mol. The molecule has 4 aromatic rings. The number of pyridine rings is 1. The molecule has 0 bridgehead atoms. The zero-order chi connectivity index (χ0) is 22.0. The predicted octanol–water partition coefficient (Wildman–Crippen LogP) is 3.11. The van der Waals surface area contributed by atoms with E-state index in [1.807, 2.05) is 36.4 Å². The van der Waals surface area contributed by atoms with Gasteiger partial charge in [0.05, 0.1) is 25.9 Å².